The zero-order valence-corrected chi connectivity index (χ0v) is 14.1. The number of amides is 1. The molecule has 2 aromatic rings. The predicted octanol–water partition coefficient (Wildman–Crippen LogP) is 2.51. The molecule has 1 atom stereocenters. The first-order chi connectivity index (χ1) is 11.7. The van der Waals surface area contributed by atoms with Gasteiger partial charge in [0.05, 0.1) is 7.11 Å². The van der Waals surface area contributed by atoms with Crippen LogP contribution in [0.3, 0.4) is 0 Å². The standard InChI is InChI=1S/C18H23N3O3/c1-13-10-19-18(20-13)14-4-3-9-21(11-14)17(22)12-24-16-7-5-15(23-2)6-8-16/h5-8,10,14H,3-4,9,11-12H2,1-2H3,(H,19,20)/t14-/m0/s1. The molecule has 0 spiro atoms. The molecule has 0 bridgehead atoms. The fraction of sp³-hybridized carbons (Fsp3) is 0.444. The quantitative estimate of drug-likeness (QED) is 0.915. The zero-order valence-electron chi connectivity index (χ0n) is 14.1. The summed E-state index contributed by atoms with van der Waals surface area (Å²) in [5.41, 5.74) is 1.05. The van der Waals surface area contributed by atoms with Crippen molar-refractivity contribution in [3.05, 3.63) is 42.0 Å². The van der Waals surface area contributed by atoms with Gasteiger partial charge in [-0.1, -0.05) is 0 Å². The Hall–Kier alpha value is -2.50. The Kier molecular flexibility index (Phi) is 5.03. The molecule has 1 aromatic carbocycles. The van der Waals surface area contributed by atoms with E-state index in [1.807, 2.05) is 30.2 Å². The van der Waals surface area contributed by atoms with Crippen LogP contribution in [0.2, 0.25) is 0 Å². The first kappa shape index (κ1) is 16.4. The number of aryl methyl sites for hydroxylation is 1. The maximum atomic E-state index is 12.4. The summed E-state index contributed by atoms with van der Waals surface area (Å²) in [6.07, 6.45) is 3.87. The molecule has 128 valence electrons. The Morgan fingerprint density at radius 3 is 2.75 bits per heavy atom. The van der Waals surface area contributed by atoms with E-state index in [0.717, 1.165) is 36.7 Å². The fourth-order valence-electron chi connectivity index (χ4n) is 2.98. The van der Waals surface area contributed by atoms with E-state index in [-0.39, 0.29) is 18.4 Å². The van der Waals surface area contributed by atoms with Gasteiger partial charge in [-0.3, -0.25) is 4.79 Å². The number of nitrogens with zero attached hydrogens (tertiary/aromatic N) is 2. The minimum Gasteiger partial charge on any atom is -0.497 e. The predicted molar refractivity (Wildman–Crippen MR) is 90.4 cm³/mol. The highest BCUT2D eigenvalue weighted by Crippen LogP contribution is 2.25. The maximum absolute atomic E-state index is 12.4. The van der Waals surface area contributed by atoms with Gasteiger partial charge in [-0.05, 0) is 44.0 Å². The van der Waals surface area contributed by atoms with Gasteiger partial charge >= 0.3 is 0 Å². The number of aromatic amines is 1. The van der Waals surface area contributed by atoms with Crippen LogP contribution in [0.15, 0.2) is 30.5 Å². The summed E-state index contributed by atoms with van der Waals surface area (Å²) in [5, 5.41) is 0. The third kappa shape index (κ3) is 3.88. The Morgan fingerprint density at radius 2 is 2.08 bits per heavy atom. The van der Waals surface area contributed by atoms with Crippen LogP contribution in [0, 0.1) is 6.92 Å². The first-order valence-corrected chi connectivity index (χ1v) is 8.22. The Labute approximate surface area is 141 Å². The number of carbonyl (C=O) groups excluding carboxylic acids is 1. The molecule has 2 heterocycles. The molecule has 3 rings (SSSR count). The number of likely N-dealkylation sites (tertiary alicyclic amines) is 1. The summed E-state index contributed by atoms with van der Waals surface area (Å²) >= 11 is 0. The van der Waals surface area contributed by atoms with Crippen LogP contribution in [0.4, 0.5) is 0 Å². The summed E-state index contributed by atoms with van der Waals surface area (Å²) in [7, 11) is 1.62. The largest absolute Gasteiger partial charge is 0.497 e. The topological polar surface area (TPSA) is 67.5 Å². The van der Waals surface area contributed by atoms with Crippen LogP contribution < -0.4 is 9.47 Å². The number of hydrogen-bond acceptors (Lipinski definition) is 4. The molecule has 0 unspecified atom stereocenters. The SMILES string of the molecule is COc1ccc(OCC(=O)N2CCC[C@H](c3ncc(C)[nH]3)C2)cc1. The molecule has 24 heavy (non-hydrogen) atoms. The summed E-state index contributed by atoms with van der Waals surface area (Å²) in [4.78, 5) is 22.0. The minimum atomic E-state index is 0.0128. The first-order valence-electron chi connectivity index (χ1n) is 8.22. The van der Waals surface area contributed by atoms with E-state index in [2.05, 4.69) is 9.97 Å². The van der Waals surface area contributed by atoms with E-state index in [9.17, 15) is 4.79 Å². The van der Waals surface area contributed by atoms with Gasteiger partial charge in [0.25, 0.3) is 5.91 Å². The Bertz CT molecular complexity index is 681. The van der Waals surface area contributed by atoms with Crippen LogP contribution in [-0.2, 0) is 4.79 Å². The number of ether oxygens (including phenoxy) is 2. The zero-order chi connectivity index (χ0) is 16.9. The van der Waals surface area contributed by atoms with Gasteiger partial charge < -0.3 is 19.4 Å². The number of aromatic nitrogens is 2. The van der Waals surface area contributed by atoms with Crippen LogP contribution in [-0.4, -0.2) is 47.6 Å². The van der Waals surface area contributed by atoms with E-state index in [1.54, 1.807) is 19.2 Å². The van der Waals surface area contributed by atoms with Crippen molar-refractivity contribution in [1.82, 2.24) is 14.9 Å². The smallest absolute Gasteiger partial charge is 0.260 e. The minimum absolute atomic E-state index is 0.0128. The van der Waals surface area contributed by atoms with Gasteiger partial charge in [-0.2, -0.15) is 0 Å². The van der Waals surface area contributed by atoms with Crippen LogP contribution in [0.25, 0.3) is 0 Å². The van der Waals surface area contributed by atoms with Crippen molar-refractivity contribution in [2.24, 2.45) is 0 Å². The van der Waals surface area contributed by atoms with Gasteiger partial charge in [-0.15, -0.1) is 0 Å². The number of carbonyl (C=O) groups is 1. The number of benzene rings is 1. The molecule has 0 aliphatic carbocycles. The van der Waals surface area contributed by atoms with E-state index in [1.165, 1.54) is 0 Å². The Morgan fingerprint density at radius 1 is 1.33 bits per heavy atom. The third-order valence-electron chi connectivity index (χ3n) is 4.31. The van der Waals surface area contributed by atoms with Crippen molar-refractivity contribution in [2.75, 3.05) is 26.8 Å². The second-order valence-electron chi connectivity index (χ2n) is 6.09. The normalized spacial score (nSPS) is 17.6. The van der Waals surface area contributed by atoms with Gasteiger partial charge in [0.15, 0.2) is 6.61 Å². The molecule has 1 aromatic heterocycles. The van der Waals surface area contributed by atoms with E-state index < -0.39 is 0 Å². The van der Waals surface area contributed by atoms with Gasteiger partial charge in [-0.25, -0.2) is 4.98 Å². The number of nitrogens with one attached hydrogen (secondary N) is 1. The molecule has 0 radical (unpaired) electrons. The lowest BCUT2D eigenvalue weighted by molar-refractivity contribution is -0.134. The molecular formula is C18H23N3O3. The average molecular weight is 329 g/mol. The second-order valence-corrected chi connectivity index (χ2v) is 6.09. The van der Waals surface area contributed by atoms with Crippen molar-refractivity contribution >= 4 is 5.91 Å². The number of hydrogen-bond donors (Lipinski definition) is 1. The monoisotopic (exact) mass is 329 g/mol. The van der Waals surface area contributed by atoms with E-state index in [4.69, 9.17) is 9.47 Å². The van der Waals surface area contributed by atoms with Crippen molar-refractivity contribution in [3.63, 3.8) is 0 Å². The van der Waals surface area contributed by atoms with Crippen molar-refractivity contribution < 1.29 is 14.3 Å². The molecular weight excluding hydrogens is 306 g/mol. The summed E-state index contributed by atoms with van der Waals surface area (Å²) < 4.78 is 10.7. The van der Waals surface area contributed by atoms with E-state index in [0.29, 0.717) is 12.3 Å². The average Bonchev–Trinajstić information content (AvgIpc) is 3.06. The third-order valence-corrected chi connectivity index (χ3v) is 4.31. The summed E-state index contributed by atoms with van der Waals surface area (Å²) in [6, 6.07) is 7.24. The second kappa shape index (κ2) is 7.38. The number of rotatable bonds is 5. The molecule has 1 saturated heterocycles. The van der Waals surface area contributed by atoms with Crippen LogP contribution in [0.1, 0.15) is 30.3 Å². The highest BCUT2D eigenvalue weighted by molar-refractivity contribution is 5.78. The van der Waals surface area contributed by atoms with Crippen LogP contribution in [0.5, 0.6) is 11.5 Å². The van der Waals surface area contributed by atoms with Gasteiger partial charge in [0.2, 0.25) is 0 Å². The number of H-pyrrole nitrogens is 1. The molecule has 1 fully saturated rings. The molecule has 6 nitrogen and oxygen atoms in total. The highest BCUT2D eigenvalue weighted by Gasteiger charge is 2.26. The van der Waals surface area contributed by atoms with Gasteiger partial charge in [0.1, 0.15) is 17.3 Å². The summed E-state index contributed by atoms with van der Waals surface area (Å²) in [6.45, 7) is 3.51. The lowest BCUT2D eigenvalue weighted by atomic mass is 9.97. The molecule has 1 aliphatic rings. The lowest BCUT2D eigenvalue weighted by Crippen LogP contribution is -2.41. The molecule has 0 saturated carbocycles. The van der Waals surface area contributed by atoms with E-state index >= 15 is 0 Å². The fourth-order valence-corrected chi connectivity index (χ4v) is 2.98. The molecule has 1 amide bonds. The van der Waals surface area contributed by atoms with Crippen LogP contribution >= 0.6 is 0 Å². The lowest BCUT2D eigenvalue weighted by Gasteiger charge is -2.31. The number of methoxy groups -OCH3 is 1. The van der Waals surface area contributed by atoms with Crippen molar-refractivity contribution in [1.29, 1.82) is 0 Å². The van der Waals surface area contributed by atoms with Crippen molar-refractivity contribution in [3.8, 4) is 11.5 Å². The summed E-state index contributed by atoms with van der Waals surface area (Å²) in [5.74, 6) is 2.69. The number of piperidine rings is 1. The highest BCUT2D eigenvalue weighted by atomic mass is 16.5. The molecule has 6 heteroatoms. The van der Waals surface area contributed by atoms with Gasteiger partial charge in [0, 0.05) is 30.9 Å². The van der Waals surface area contributed by atoms with Crippen molar-refractivity contribution in [2.45, 2.75) is 25.7 Å². The maximum Gasteiger partial charge on any atom is 0.260 e. The Balaban J connectivity index is 1.54. The molecule has 1 N–H and O–H groups in total. The molecule has 1 aliphatic heterocycles. The number of imidazole rings is 1.